The molecule has 2 heterocycles. The molecule has 2 unspecified atom stereocenters. The number of piperidine rings is 1. The highest BCUT2D eigenvalue weighted by Crippen LogP contribution is 2.32. The molecule has 0 aliphatic carbocycles. The molecule has 1 aromatic carbocycles. The van der Waals surface area contributed by atoms with Crippen molar-refractivity contribution in [2.24, 2.45) is 0 Å². The first-order chi connectivity index (χ1) is 10.9. The van der Waals surface area contributed by atoms with E-state index in [1.54, 1.807) is 6.07 Å². The van der Waals surface area contributed by atoms with Crippen molar-refractivity contribution in [1.29, 1.82) is 0 Å². The minimum Gasteiger partial charge on any atom is -0.398 e. The van der Waals surface area contributed by atoms with Gasteiger partial charge in [0.2, 0.25) is 5.91 Å². The Labute approximate surface area is 131 Å². The molecule has 3 rings (SSSR count). The van der Waals surface area contributed by atoms with Crippen LogP contribution in [-0.2, 0) is 11.2 Å². The number of hydrogen-bond acceptors (Lipinski definition) is 6. The number of nitrogens with two attached hydrogens (primary N) is 1. The summed E-state index contributed by atoms with van der Waals surface area (Å²) in [5.74, 6) is -1.44. The number of benzene rings is 1. The van der Waals surface area contributed by atoms with Crippen LogP contribution in [0.2, 0.25) is 0 Å². The smallest absolute Gasteiger partial charge is 0.264 e. The fourth-order valence-corrected chi connectivity index (χ4v) is 3.09. The molecule has 1 aromatic rings. The molecular formula is C15H17N3O5. The zero-order valence-electron chi connectivity index (χ0n) is 12.3. The zero-order chi connectivity index (χ0) is 16.7. The molecule has 2 aliphatic heterocycles. The Morgan fingerprint density at radius 3 is 2.65 bits per heavy atom. The third-order valence-corrected chi connectivity index (χ3v) is 4.18. The number of anilines is 1. The largest absolute Gasteiger partial charge is 0.398 e. The van der Waals surface area contributed by atoms with Crippen molar-refractivity contribution in [2.75, 3.05) is 12.3 Å². The Bertz CT molecular complexity index is 703. The SMILES string of the molecule is Nc1cc(CCO)cc2c1C(=O)N(C1CCC(=O)NC1O)C2=O. The fraction of sp³-hybridized carbons (Fsp3) is 0.400. The van der Waals surface area contributed by atoms with Crippen LogP contribution in [0, 0.1) is 0 Å². The van der Waals surface area contributed by atoms with Crippen molar-refractivity contribution < 1.29 is 24.6 Å². The van der Waals surface area contributed by atoms with Gasteiger partial charge in [0.15, 0.2) is 0 Å². The summed E-state index contributed by atoms with van der Waals surface area (Å²) in [6.07, 6.45) is -0.653. The first-order valence-electron chi connectivity index (χ1n) is 7.32. The van der Waals surface area contributed by atoms with Crippen molar-refractivity contribution in [3.05, 3.63) is 28.8 Å². The van der Waals surface area contributed by atoms with Gasteiger partial charge in [-0.05, 0) is 30.5 Å². The van der Waals surface area contributed by atoms with E-state index >= 15 is 0 Å². The van der Waals surface area contributed by atoms with Crippen molar-refractivity contribution in [3.63, 3.8) is 0 Å². The Balaban J connectivity index is 1.97. The minimum atomic E-state index is -1.29. The highest BCUT2D eigenvalue weighted by atomic mass is 16.3. The molecule has 1 saturated heterocycles. The van der Waals surface area contributed by atoms with Crippen molar-refractivity contribution in [2.45, 2.75) is 31.5 Å². The first-order valence-corrected chi connectivity index (χ1v) is 7.32. The lowest BCUT2D eigenvalue weighted by Gasteiger charge is -2.33. The number of nitrogens with zero attached hydrogens (tertiary/aromatic N) is 1. The molecule has 0 saturated carbocycles. The Morgan fingerprint density at radius 2 is 2.00 bits per heavy atom. The molecule has 8 heteroatoms. The van der Waals surface area contributed by atoms with Gasteiger partial charge >= 0.3 is 0 Å². The van der Waals surface area contributed by atoms with Gasteiger partial charge in [0.1, 0.15) is 6.23 Å². The Hall–Kier alpha value is -2.45. The highest BCUT2D eigenvalue weighted by molar-refractivity contribution is 6.24. The van der Waals surface area contributed by atoms with Crippen LogP contribution in [0.5, 0.6) is 0 Å². The third kappa shape index (κ3) is 2.45. The molecule has 23 heavy (non-hydrogen) atoms. The summed E-state index contributed by atoms with van der Waals surface area (Å²) in [5.41, 5.74) is 7.00. The van der Waals surface area contributed by atoms with Gasteiger partial charge in [0.25, 0.3) is 11.8 Å². The number of fused-ring (bicyclic) bond motifs is 1. The molecule has 0 radical (unpaired) electrons. The number of carbonyl (C=O) groups excluding carboxylic acids is 3. The summed E-state index contributed by atoms with van der Waals surface area (Å²) in [6, 6.07) is 2.28. The van der Waals surface area contributed by atoms with Crippen molar-refractivity contribution in [3.8, 4) is 0 Å². The number of rotatable bonds is 3. The normalized spacial score (nSPS) is 23.9. The van der Waals surface area contributed by atoms with Crippen molar-refractivity contribution >= 4 is 23.4 Å². The van der Waals surface area contributed by atoms with Crippen LogP contribution in [-0.4, -0.2) is 51.7 Å². The molecule has 1 fully saturated rings. The average molecular weight is 319 g/mol. The van der Waals surface area contributed by atoms with Crippen LogP contribution in [0.3, 0.4) is 0 Å². The number of aliphatic hydroxyl groups excluding tert-OH is 2. The van der Waals surface area contributed by atoms with E-state index in [9.17, 15) is 19.5 Å². The van der Waals surface area contributed by atoms with Crippen LogP contribution in [0.25, 0.3) is 0 Å². The standard InChI is InChI=1S/C15H17N3O5/c16-9-6-7(3-4-19)5-8-12(9)15(23)18(14(8)22)10-1-2-11(20)17-13(10)21/h5-6,10,13,19,21H,1-4,16H2,(H,17,20). The number of imide groups is 1. The predicted molar refractivity (Wildman–Crippen MR) is 79.3 cm³/mol. The summed E-state index contributed by atoms with van der Waals surface area (Å²) < 4.78 is 0. The molecule has 8 nitrogen and oxygen atoms in total. The second-order valence-electron chi connectivity index (χ2n) is 5.68. The Morgan fingerprint density at radius 1 is 1.26 bits per heavy atom. The van der Waals surface area contributed by atoms with E-state index in [0.717, 1.165) is 4.90 Å². The maximum atomic E-state index is 12.6. The summed E-state index contributed by atoms with van der Waals surface area (Å²) in [4.78, 5) is 37.4. The molecule has 3 amide bonds. The fourth-order valence-electron chi connectivity index (χ4n) is 3.09. The minimum absolute atomic E-state index is 0.0998. The van der Waals surface area contributed by atoms with Gasteiger partial charge in [-0.25, -0.2) is 0 Å². The summed E-state index contributed by atoms with van der Waals surface area (Å²) in [5, 5.41) is 21.3. The predicted octanol–water partition coefficient (Wildman–Crippen LogP) is -1.00. The van der Waals surface area contributed by atoms with E-state index in [4.69, 9.17) is 10.8 Å². The number of nitrogen functional groups attached to an aromatic ring is 1. The Kier molecular flexibility index (Phi) is 3.78. The molecule has 0 bridgehead atoms. The van der Waals surface area contributed by atoms with Crippen molar-refractivity contribution in [1.82, 2.24) is 10.2 Å². The maximum absolute atomic E-state index is 12.6. The van der Waals surface area contributed by atoms with E-state index in [1.807, 2.05) is 0 Å². The second kappa shape index (κ2) is 5.64. The lowest BCUT2D eigenvalue weighted by atomic mass is 10.0. The van der Waals surface area contributed by atoms with Gasteiger partial charge in [0, 0.05) is 18.7 Å². The summed E-state index contributed by atoms with van der Waals surface area (Å²) in [6.45, 7) is -0.0998. The maximum Gasteiger partial charge on any atom is 0.264 e. The summed E-state index contributed by atoms with van der Waals surface area (Å²) in [7, 11) is 0. The van der Waals surface area contributed by atoms with E-state index in [0.29, 0.717) is 12.0 Å². The number of aliphatic hydroxyl groups is 2. The summed E-state index contributed by atoms with van der Waals surface area (Å²) >= 11 is 0. The van der Waals surface area contributed by atoms with Crippen LogP contribution >= 0.6 is 0 Å². The van der Waals surface area contributed by atoms with E-state index in [2.05, 4.69) is 5.32 Å². The van der Waals surface area contributed by atoms with Crippen LogP contribution in [0.1, 0.15) is 39.1 Å². The van der Waals surface area contributed by atoms with Crippen LogP contribution in [0.4, 0.5) is 5.69 Å². The molecule has 0 spiro atoms. The van der Waals surface area contributed by atoms with E-state index < -0.39 is 24.1 Å². The molecule has 2 aliphatic rings. The lowest BCUT2D eigenvalue weighted by molar-refractivity contribution is -0.129. The topological polar surface area (TPSA) is 133 Å². The number of hydrogen-bond donors (Lipinski definition) is 4. The van der Waals surface area contributed by atoms with Gasteiger partial charge in [-0.3, -0.25) is 19.3 Å². The number of carbonyl (C=O) groups is 3. The molecular weight excluding hydrogens is 302 g/mol. The van der Waals surface area contributed by atoms with Gasteiger partial charge in [-0.1, -0.05) is 0 Å². The van der Waals surface area contributed by atoms with Crippen LogP contribution < -0.4 is 11.1 Å². The molecule has 2 atom stereocenters. The quantitative estimate of drug-likeness (QED) is 0.417. The average Bonchev–Trinajstić information content (AvgIpc) is 2.72. The van der Waals surface area contributed by atoms with Gasteiger partial charge in [-0.15, -0.1) is 0 Å². The monoisotopic (exact) mass is 319 g/mol. The van der Waals surface area contributed by atoms with E-state index in [-0.39, 0.29) is 42.2 Å². The van der Waals surface area contributed by atoms with Gasteiger partial charge in [-0.2, -0.15) is 0 Å². The number of amides is 3. The zero-order valence-corrected chi connectivity index (χ0v) is 12.3. The van der Waals surface area contributed by atoms with Gasteiger partial charge < -0.3 is 21.3 Å². The first kappa shape index (κ1) is 15.4. The lowest BCUT2D eigenvalue weighted by Crippen LogP contribution is -2.57. The molecule has 5 N–H and O–H groups in total. The number of nitrogens with one attached hydrogen (secondary N) is 1. The third-order valence-electron chi connectivity index (χ3n) is 4.18. The van der Waals surface area contributed by atoms with Crippen LogP contribution in [0.15, 0.2) is 12.1 Å². The highest BCUT2D eigenvalue weighted by Gasteiger charge is 2.45. The van der Waals surface area contributed by atoms with E-state index in [1.165, 1.54) is 6.07 Å². The van der Waals surface area contributed by atoms with Gasteiger partial charge in [0.05, 0.1) is 17.2 Å². The molecule has 122 valence electrons. The second-order valence-corrected chi connectivity index (χ2v) is 5.68. The molecule has 0 aromatic heterocycles.